The maximum atomic E-state index is 12.2. The van der Waals surface area contributed by atoms with Crippen LogP contribution in [0.1, 0.15) is 59.3 Å². The van der Waals surface area contributed by atoms with Crippen LogP contribution < -0.4 is 0 Å². The molecule has 4 heteroatoms. The summed E-state index contributed by atoms with van der Waals surface area (Å²) in [5, 5.41) is 0. The molecule has 0 N–H and O–H groups in total. The van der Waals surface area contributed by atoms with Gasteiger partial charge in [0.25, 0.3) is 0 Å². The molecule has 0 saturated heterocycles. The van der Waals surface area contributed by atoms with Gasteiger partial charge in [-0.3, -0.25) is 9.59 Å². The Morgan fingerprint density at radius 1 is 1.15 bits per heavy atom. The van der Waals surface area contributed by atoms with E-state index in [2.05, 4.69) is 0 Å². The molecule has 2 aliphatic rings. The molecule has 0 amide bonds. The van der Waals surface area contributed by atoms with Gasteiger partial charge in [0.2, 0.25) is 0 Å². The molecular formula is C16H26O4. The van der Waals surface area contributed by atoms with Crippen LogP contribution in [0.3, 0.4) is 0 Å². The maximum Gasteiger partial charge on any atom is 0.306 e. The molecule has 2 saturated carbocycles. The molecule has 3 atom stereocenters. The summed E-state index contributed by atoms with van der Waals surface area (Å²) in [7, 11) is 1.41. The van der Waals surface area contributed by atoms with Crippen molar-refractivity contribution < 1.29 is 19.1 Å². The SMILES string of the molecule is COC(=O)CC1(CC(=O)OC(C)(C)C)CC2CCCC21. The lowest BCUT2D eigenvalue weighted by Crippen LogP contribution is -2.48. The van der Waals surface area contributed by atoms with Gasteiger partial charge in [0.1, 0.15) is 5.60 Å². The van der Waals surface area contributed by atoms with Crippen molar-refractivity contribution in [2.24, 2.45) is 17.3 Å². The van der Waals surface area contributed by atoms with E-state index in [0.717, 1.165) is 12.8 Å². The molecule has 0 aromatic heterocycles. The largest absolute Gasteiger partial charge is 0.469 e. The standard InChI is InChI=1S/C16H26O4/c1-15(2,3)20-14(18)10-16(9-13(17)19-4)8-11-6-5-7-12(11)16/h11-12H,5-10H2,1-4H3. The number of rotatable bonds is 4. The van der Waals surface area contributed by atoms with Gasteiger partial charge in [-0.15, -0.1) is 0 Å². The Morgan fingerprint density at radius 3 is 2.35 bits per heavy atom. The molecule has 0 aliphatic heterocycles. The molecule has 0 aromatic carbocycles. The van der Waals surface area contributed by atoms with Crippen molar-refractivity contribution in [3.05, 3.63) is 0 Å². The van der Waals surface area contributed by atoms with Crippen molar-refractivity contribution in [1.29, 1.82) is 0 Å². The molecule has 0 heterocycles. The predicted octanol–water partition coefficient (Wildman–Crippen LogP) is 3.09. The normalized spacial score (nSPS) is 32.2. The summed E-state index contributed by atoms with van der Waals surface area (Å²) in [6.45, 7) is 5.62. The van der Waals surface area contributed by atoms with Crippen LogP contribution in [-0.4, -0.2) is 24.6 Å². The summed E-state index contributed by atoms with van der Waals surface area (Å²) in [5.41, 5.74) is -0.682. The third-order valence-electron chi connectivity index (χ3n) is 4.75. The first-order valence-electron chi connectivity index (χ1n) is 7.54. The highest BCUT2D eigenvalue weighted by Crippen LogP contribution is 2.62. The Hall–Kier alpha value is -1.06. The first-order valence-corrected chi connectivity index (χ1v) is 7.54. The minimum Gasteiger partial charge on any atom is -0.469 e. The third kappa shape index (κ3) is 3.15. The number of carbonyl (C=O) groups is 2. The monoisotopic (exact) mass is 282 g/mol. The highest BCUT2D eigenvalue weighted by molar-refractivity contribution is 5.75. The van der Waals surface area contributed by atoms with Crippen molar-refractivity contribution in [2.75, 3.05) is 7.11 Å². The molecule has 0 spiro atoms. The second kappa shape index (κ2) is 5.38. The Labute approximate surface area is 121 Å². The Bertz CT molecular complexity index is 396. The van der Waals surface area contributed by atoms with Crippen molar-refractivity contribution in [3.63, 3.8) is 0 Å². The summed E-state index contributed by atoms with van der Waals surface area (Å²) < 4.78 is 10.3. The number of carbonyl (C=O) groups excluding carboxylic acids is 2. The number of methoxy groups -OCH3 is 1. The molecular weight excluding hydrogens is 256 g/mol. The topological polar surface area (TPSA) is 52.6 Å². The van der Waals surface area contributed by atoms with E-state index >= 15 is 0 Å². The lowest BCUT2D eigenvalue weighted by atomic mass is 9.52. The molecule has 4 nitrogen and oxygen atoms in total. The summed E-state index contributed by atoms with van der Waals surface area (Å²) >= 11 is 0. The second-order valence-electron chi connectivity index (χ2n) is 7.38. The molecule has 20 heavy (non-hydrogen) atoms. The summed E-state index contributed by atoms with van der Waals surface area (Å²) in [6.07, 6.45) is 5.25. The van der Waals surface area contributed by atoms with Gasteiger partial charge >= 0.3 is 11.9 Å². The van der Waals surface area contributed by atoms with Gasteiger partial charge in [0.05, 0.1) is 20.0 Å². The number of hydrogen-bond acceptors (Lipinski definition) is 4. The highest BCUT2D eigenvalue weighted by Gasteiger charge is 2.57. The van der Waals surface area contributed by atoms with Gasteiger partial charge in [0.15, 0.2) is 0 Å². The molecule has 114 valence electrons. The van der Waals surface area contributed by atoms with Gasteiger partial charge in [-0.05, 0) is 50.9 Å². The minimum atomic E-state index is -0.470. The minimum absolute atomic E-state index is 0.188. The second-order valence-corrected chi connectivity index (χ2v) is 7.38. The van der Waals surface area contributed by atoms with Crippen LogP contribution >= 0.6 is 0 Å². The fourth-order valence-corrected chi connectivity index (χ4v) is 4.09. The van der Waals surface area contributed by atoms with E-state index in [1.807, 2.05) is 20.8 Å². The van der Waals surface area contributed by atoms with Crippen LogP contribution in [0.25, 0.3) is 0 Å². The van der Waals surface area contributed by atoms with Crippen LogP contribution in [0.4, 0.5) is 0 Å². The zero-order valence-electron chi connectivity index (χ0n) is 13.0. The van der Waals surface area contributed by atoms with Gasteiger partial charge in [-0.1, -0.05) is 12.8 Å². The van der Waals surface area contributed by atoms with Crippen molar-refractivity contribution in [3.8, 4) is 0 Å². The quantitative estimate of drug-likeness (QED) is 0.744. The Morgan fingerprint density at radius 2 is 1.80 bits per heavy atom. The smallest absolute Gasteiger partial charge is 0.306 e. The summed E-state index contributed by atoms with van der Waals surface area (Å²) in [6, 6.07) is 0. The molecule has 0 aromatic rings. The lowest BCUT2D eigenvalue weighted by molar-refractivity contribution is -0.167. The molecule has 3 unspecified atom stereocenters. The van der Waals surface area contributed by atoms with E-state index in [1.54, 1.807) is 0 Å². The Balaban J connectivity index is 2.04. The van der Waals surface area contributed by atoms with Crippen LogP contribution in [0.2, 0.25) is 0 Å². The lowest BCUT2D eigenvalue weighted by Gasteiger charge is -2.52. The van der Waals surface area contributed by atoms with E-state index in [-0.39, 0.29) is 17.4 Å². The van der Waals surface area contributed by atoms with Gasteiger partial charge in [-0.25, -0.2) is 0 Å². The number of esters is 2. The number of fused-ring (bicyclic) bond motifs is 1. The van der Waals surface area contributed by atoms with Crippen LogP contribution in [0, 0.1) is 17.3 Å². The van der Waals surface area contributed by atoms with Crippen molar-refractivity contribution in [2.45, 2.75) is 64.9 Å². The fourth-order valence-electron chi connectivity index (χ4n) is 4.09. The zero-order chi connectivity index (χ0) is 15.0. The number of ether oxygens (including phenoxy) is 2. The highest BCUT2D eigenvalue weighted by atomic mass is 16.6. The average molecular weight is 282 g/mol. The Kier molecular flexibility index (Phi) is 4.12. The van der Waals surface area contributed by atoms with Crippen LogP contribution in [0.5, 0.6) is 0 Å². The van der Waals surface area contributed by atoms with Crippen molar-refractivity contribution in [1.82, 2.24) is 0 Å². The first kappa shape index (κ1) is 15.3. The van der Waals surface area contributed by atoms with Gasteiger partial charge < -0.3 is 9.47 Å². The fraction of sp³-hybridized carbons (Fsp3) is 0.875. The zero-order valence-corrected chi connectivity index (χ0v) is 13.0. The molecule has 2 aliphatic carbocycles. The molecule has 0 radical (unpaired) electrons. The van der Waals surface area contributed by atoms with Crippen molar-refractivity contribution >= 4 is 11.9 Å². The third-order valence-corrected chi connectivity index (χ3v) is 4.75. The van der Waals surface area contributed by atoms with Gasteiger partial charge in [-0.2, -0.15) is 0 Å². The maximum absolute atomic E-state index is 12.2. The van der Waals surface area contributed by atoms with Crippen LogP contribution in [-0.2, 0) is 19.1 Å². The predicted molar refractivity (Wildman–Crippen MR) is 75.0 cm³/mol. The van der Waals surface area contributed by atoms with Gasteiger partial charge in [0, 0.05) is 0 Å². The van der Waals surface area contributed by atoms with E-state index in [1.165, 1.54) is 20.0 Å². The summed E-state index contributed by atoms with van der Waals surface area (Å²) in [5.74, 6) is 0.793. The van der Waals surface area contributed by atoms with E-state index in [0.29, 0.717) is 24.7 Å². The average Bonchev–Trinajstić information content (AvgIpc) is 2.68. The summed E-state index contributed by atoms with van der Waals surface area (Å²) in [4.78, 5) is 23.9. The van der Waals surface area contributed by atoms with E-state index in [9.17, 15) is 9.59 Å². The molecule has 2 fully saturated rings. The van der Waals surface area contributed by atoms with Crippen LogP contribution in [0.15, 0.2) is 0 Å². The molecule has 2 rings (SSSR count). The van der Waals surface area contributed by atoms with E-state index < -0.39 is 5.60 Å². The van der Waals surface area contributed by atoms with E-state index in [4.69, 9.17) is 9.47 Å². The molecule has 0 bridgehead atoms. The number of hydrogen-bond donors (Lipinski definition) is 0. The first-order chi connectivity index (χ1) is 9.26.